The van der Waals surface area contributed by atoms with Crippen molar-refractivity contribution in [1.29, 1.82) is 0 Å². The lowest BCUT2D eigenvalue weighted by molar-refractivity contribution is -0.113. The van der Waals surface area contributed by atoms with E-state index in [1.54, 1.807) is 28.8 Å². The molecule has 2 amide bonds. The van der Waals surface area contributed by atoms with Crippen LogP contribution in [0.1, 0.15) is 41.8 Å². The third kappa shape index (κ3) is 7.10. The highest BCUT2D eigenvalue weighted by atomic mass is 32.2. The Hall–Kier alpha value is -3.91. The lowest BCUT2D eigenvalue weighted by atomic mass is 10.1. The van der Waals surface area contributed by atoms with E-state index < -0.39 is 0 Å². The molecular formula is C30H32N4O3S. The summed E-state index contributed by atoms with van der Waals surface area (Å²) in [5.74, 6) is 0.334. The zero-order chi connectivity index (χ0) is 27.1. The second kappa shape index (κ2) is 12.6. The van der Waals surface area contributed by atoms with Crippen molar-refractivity contribution < 1.29 is 9.59 Å². The highest BCUT2D eigenvalue weighted by Gasteiger charge is 2.15. The number of benzene rings is 3. The third-order valence-corrected chi connectivity index (χ3v) is 7.00. The molecule has 8 heteroatoms. The Morgan fingerprint density at radius 3 is 2.50 bits per heavy atom. The van der Waals surface area contributed by atoms with Gasteiger partial charge in [-0.05, 0) is 66.8 Å². The van der Waals surface area contributed by atoms with E-state index in [2.05, 4.69) is 24.5 Å². The molecule has 0 atom stereocenters. The highest BCUT2D eigenvalue weighted by Crippen LogP contribution is 2.20. The van der Waals surface area contributed by atoms with Gasteiger partial charge in [-0.15, -0.1) is 0 Å². The quantitative estimate of drug-likeness (QED) is 0.216. The highest BCUT2D eigenvalue weighted by molar-refractivity contribution is 7.99. The number of aromatic nitrogens is 2. The van der Waals surface area contributed by atoms with E-state index in [1.165, 1.54) is 11.8 Å². The minimum Gasteiger partial charge on any atom is -0.352 e. The van der Waals surface area contributed by atoms with Crippen molar-refractivity contribution in [2.45, 2.75) is 38.9 Å². The molecule has 0 spiro atoms. The number of amides is 2. The number of carbonyl (C=O) groups is 2. The maximum Gasteiger partial charge on any atom is 0.262 e. The predicted octanol–water partition coefficient (Wildman–Crippen LogP) is 5.26. The molecular weight excluding hydrogens is 496 g/mol. The van der Waals surface area contributed by atoms with Crippen LogP contribution in [0.2, 0.25) is 0 Å². The topological polar surface area (TPSA) is 93.1 Å². The van der Waals surface area contributed by atoms with Gasteiger partial charge in [0.25, 0.3) is 11.5 Å². The van der Waals surface area contributed by atoms with Gasteiger partial charge in [0.1, 0.15) is 0 Å². The van der Waals surface area contributed by atoms with Crippen LogP contribution in [0.15, 0.2) is 82.7 Å². The molecule has 0 bridgehead atoms. The van der Waals surface area contributed by atoms with Crippen LogP contribution < -0.4 is 16.2 Å². The summed E-state index contributed by atoms with van der Waals surface area (Å²) in [5, 5.41) is 6.82. The number of hydrogen-bond donors (Lipinski definition) is 2. The van der Waals surface area contributed by atoms with Crippen molar-refractivity contribution in [3.63, 3.8) is 0 Å². The molecule has 196 valence electrons. The van der Waals surface area contributed by atoms with Gasteiger partial charge >= 0.3 is 0 Å². The summed E-state index contributed by atoms with van der Waals surface area (Å²) < 4.78 is 1.59. The van der Waals surface area contributed by atoms with E-state index in [-0.39, 0.29) is 29.7 Å². The molecule has 0 aliphatic carbocycles. The molecule has 1 heterocycles. The average Bonchev–Trinajstić information content (AvgIpc) is 2.89. The summed E-state index contributed by atoms with van der Waals surface area (Å²) in [4.78, 5) is 43.2. The van der Waals surface area contributed by atoms with Gasteiger partial charge < -0.3 is 10.6 Å². The molecule has 0 saturated heterocycles. The third-order valence-electron chi connectivity index (χ3n) is 6.02. The summed E-state index contributed by atoms with van der Waals surface area (Å²) >= 11 is 1.22. The van der Waals surface area contributed by atoms with Crippen LogP contribution in [-0.2, 0) is 11.3 Å². The van der Waals surface area contributed by atoms with Gasteiger partial charge in [-0.1, -0.05) is 62.0 Å². The standard InChI is InChI=1S/C30H32N4O3S/c1-20(2)15-16-31-28(36)23-13-11-22(12-14-23)18-34-29(37)25-9-4-5-10-26(25)33-30(34)38-19-27(35)32-24-8-6-7-21(3)17-24/h4-14,17,20H,15-16,18-19H2,1-3H3,(H,31,36)(H,32,35). The molecule has 4 rings (SSSR count). The van der Waals surface area contributed by atoms with Crippen molar-refractivity contribution >= 4 is 40.2 Å². The molecule has 0 saturated carbocycles. The molecule has 4 aromatic rings. The molecule has 38 heavy (non-hydrogen) atoms. The molecule has 0 aliphatic heterocycles. The molecule has 2 N–H and O–H groups in total. The van der Waals surface area contributed by atoms with Crippen LogP contribution in [0.4, 0.5) is 5.69 Å². The number of fused-ring (bicyclic) bond motifs is 1. The van der Waals surface area contributed by atoms with Gasteiger partial charge in [0, 0.05) is 17.8 Å². The van der Waals surface area contributed by atoms with E-state index in [4.69, 9.17) is 4.98 Å². The Labute approximate surface area is 226 Å². The van der Waals surface area contributed by atoms with Crippen molar-refractivity contribution in [1.82, 2.24) is 14.9 Å². The molecule has 0 unspecified atom stereocenters. The number of para-hydroxylation sites is 1. The molecule has 3 aromatic carbocycles. The van der Waals surface area contributed by atoms with Crippen molar-refractivity contribution in [3.05, 3.63) is 99.8 Å². The second-order valence-corrected chi connectivity index (χ2v) is 10.6. The minimum absolute atomic E-state index is 0.105. The van der Waals surface area contributed by atoms with Crippen molar-refractivity contribution in [3.8, 4) is 0 Å². The van der Waals surface area contributed by atoms with Gasteiger partial charge in [-0.2, -0.15) is 0 Å². The van der Waals surface area contributed by atoms with Crippen molar-refractivity contribution in [2.24, 2.45) is 5.92 Å². The number of rotatable bonds is 10. The number of aryl methyl sites for hydroxylation is 1. The van der Waals surface area contributed by atoms with Gasteiger partial charge in [0.2, 0.25) is 5.91 Å². The first-order valence-corrected chi connectivity index (χ1v) is 13.6. The van der Waals surface area contributed by atoms with E-state index in [9.17, 15) is 14.4 Å². The van der Waals surface area contributed by atoms with Gasteiger partial charge in [-0.3, -0.25) is 19.0 Å². The Bertz CT molecular complexity index is 1500. The number of hydrogen-bond acceptors (Lipinski definition) is 5. The van der Waals surface area contributed by atoms with Crippen LogP contribution in [-0.4, -0.2) is 33.7 Å². The SMILES string of the molecule is Cc1cccc(NC(=O)CSc2nc3ccccc3c(=O)n2Cc2ccc(C(=O)NCCC(C)C)cc2)c1. The molecule has 1 aromatic heterocycles. The van der Waals surface area contributed by atoms with Crippen LogP contribution in [0, 0.1) is 12.8 Å². The smallest absolute Gasteiger partial charge is 0.262 e. The second-order valence-electron chi connectivity index (χ2n) is 9.64. The van der Waals surface area contributed by atoms with Gasteiger partial charge in [0.05, 0.1) is 23.2 Å². The Balaban J connectivity index is 1.52. The predicted molar refractivity (Wildman–Crippen MR) is 154 cm³/mol. The normalized spacial score (nSPS) is 11.1. The average molecular weight is 529 g/mol. The molecule has 7 nitrogen and oxygen atoms in total. The number of anilines is 1. The monoisotopic (exact) mass is 528 g/mol. The van der Waals surface area contributed by atoms with Gasteiger partial charge in [-0.25, -0.2) is 4.98 Å². The number of thioether (sulfide) groups is 1. The van der Waals surface area contributed by atoms with E-state index in [1.807, 2.05) is 55.5 Å². The van der Waals surface area contributed by atoms with Crippen LogP contribution in [0.3, 0.4) is 0 Å². The summed E-state index contributed by atoms with van der Waals surface area (Å²) in [6.45, 7) is 7.11. The zero-order valence-corrected chi connectivity index (χ0v) is 22.7. The fraction of sp³-hybridized carbons (Fsp3) is 0.267. The fourth-order valence-electron chi connectivity index (χ4n) is 3.97. The lowest BCUT2D eigenvalue weighted by Crippen LogP contribution is -2.26. The summed E-state index contributed by atoms with van der Waals surface area (Å²) in [6.07, 6.45) is 0.922. The first-order chi connectivity index (χ1) is 18.3. The molecule has 0 aliphatic rings. The Morgan fingerprint density at radius 2 is 1.76 bits per heavy atom. The first kappa shape index (κ1) is 27.1. The summed E-state index contributed by atoms with van der Waals surface area (Å²) in [5.41, 5.74) is 3.63. The molecule has 0 radical (unpaired) electrons. The Kier molecular flexibility index (Phi) is 8.97. The summed E-state index contributed by atoms with van der Waals surface area (Å²) in [7, 11) is 0. The zero-order valence-electron chi connectivity index (χ0n) is 21.9. The van der Waals surface area contributed by atoms with Crippen LogP contribution in [0.5, 0.6) is 0 Å². The number of nitrogens with one attached hydrogen (secondary N) is 2. The number of nitrogens with zero attached hydrogens (tertiary/aromatic N) is 2. The van der Waals surface area contributed by atoms with Crippen LogP contribution in [0.25, 0.3) is 10.9 Å². The van der Waals surface area contributed by atoms with Crippen molar-refractivity contribution in [2.75, 3.05) is 17.6 Å². The largest absolute Gasteiger partial charge is 0.352 e. The maximum absolute atomic E-state index is 13.4. The van der Waals surface area contributed by atoms with E-state index in [0.29, 0.717) is 34.1 Å². The molecule has 0 fully saturated rings. The van der Waals surface area contributed by atoms with Crippen LogP contribution >= 0.6 is 11.8 Å². The van der Waals surface area contributed by atoms with E-state index >= 15 is 0 Å². The lowest BCUT2D eigenvalue weighted by Gasteiger charge is -2.14. The first-order valence-electron chi connectivity index (χ1n) is 12.7. The number of carbonyl (C=O) groups excluding carboxylic acids is 2. The Morgan fingerprint density at radius 1 is 1.00 bits per heavy atom. The minimum atomic E-state index is -0.178. The fourth-order valence-corrected chi connectivity index (χ4v) is 4.77. The summed E-state index contributed by atoms with van der Waals surface area (Å²) in [6, 6.07) is 22.0. The maximum atomic E-state index is 13.4. The van der Waals surface area contributed by atoms with Gasteiger partial charge in [0.15, 0.2) is 5.16 Å². The van der Waals surface area contributed by atoms with E-state index in [0.717, 1.165) is 23.2 Å².